The van der Waals surface area contributed by atoms with Crippen LogP contribution in [0.2, 0.25) is 0 Å². The summed E-state index contributed by atoms with van der Waals surface area (Å²) in [6, 6.07) is 7.52. The van der Waals surface area contributed by atoms with Crippen LogP contribution in [0.3, 0.4) is 0 Å². The van der Waals surface area contributed by atoms with E-state index in [0.717, 1.165) is 10.9 Å². The molecule has 2 aromatic rings. The number of likely N-dealkylation sites (tertiary alicyclic amines) is 1. The number of fused-ring (bicyclic) bond motifs is 1. The standard InChI is InChI=1S/C17H21N3O4/c1-17(2,3)24-16(22)19-9-11(10-19)20-13-8-6-5-7-12(13)14(18-20)15(21)23-4/h5-8,11H,9-10H2,1-4H3. The molecule has 0 atom stereocenters. The number of nitrogens with zero attached hydrogens (tertiary/aromatic N) is 3. The molecule has 0 saturated carbocycles. The van der Waals surface area contributed by atoms with E-state index in [-0.39, 0.29) is 12.1 Å². The number of ether oxygens (including phenoxy) is 2. The highest BCUT2D eigenvalue weighted by Crippen LogP contribution is 2.28. The topological polar surface area (TPSA) is 73.7 Å². The Morgan fingerprint density at radius 3 is 2.50 bits per heavy atom. The van der Waals surface area contributed by atoms with Crippen molar-refractivity contribution in [1.82, 2.24) is 14.7 Å². The molecule has 3 rings (SSSR count). The Morgan fingerprint density at radius 2 is 1.88 bits per heavy atom. The first-order valence-corrected chi connectivity index (χ1v) is 7.83. The number of rotatable bonds is 2. The van der Waals surface area contributed by atoms with Crippen molar-refractivity contribution >= 4 is 23.0 Å². The number of carbonyl (C=O) groups is 2. The molecule has 0 bridgehead atoms. The van der Waals surface area contributed by atoms with Gasteiger partial charge in [-0.1, -0.05) is 18.2 Å². The third-order valence-electron chi connectivity index (χ3n) is 3.85. The maximum absolute atomic E-state index is 12.0. The van der Waals surface area contributed by atoms with Gasteiger partial charge in [0.15, 0.2) is 5.69 Å². The fraction of sp³-hybridized carbons (Fsp3) is 0.471. The lowest BCUT2D eigenvalue weighted by atomic mass is 10.1. The fourth-order valence-electron chi connectivity index (χ4n) is 2.70. The second kappa shape index (κ2) is 5.81. The van der Waals surface area contributed by atoms with Gasteiger partial charge in [-0.25, -0.2) is 9.59 Å². The maximum atomic E-state index is 12.0. The maximum Gasteiger partial charge on any atom is 0.410 e. The summed E-state index contributed by atoms with van der Waals surface area (Å²) in [5.74, 6) is -0.465. The Kier molecular flexibility index (Phi) is 3.95. The van der Waals surface area contributed by atoms with Gasteiger partial charge in [0.1, 0.15) is 5.60 Å². The molecule has 1 aromatic carbocycles. The minimum Gasteiger partial charge on any atom is -0.464 e. The van der Waals surface area contributed by atoms with E-state index in [1.54, 1.807) is 9.58 Å². The molecule has 0 aliphatic carbocycles. The first kappa shape index (κ1) is 16.3. The minimum atomic E-state index is -0.515. The van der Waals surface area contributed by atoms with E-state index >= 15 is 0 Å². The van der Waals surface area contributed by atoms with E-state index in [1.807, 2.05) is 45.0 Å². The monoisotopic (exact) mass is 331 g/mol. The molecular formula is C17H21N3O4. The summed E-state index contributed by atoms with van der Waals surface area (Å²) >= 11 is 0. The van der Waals surface area contributed by atoms with Crippen molar-refractivity contribution in [1.29, 1.82) is 0 Å². The van der Waals surface area contributed by atoms with Crippen LogP contribution in [0, 0.1) is 0 Å². The van der Waals surface area contributed by atoms with Gasteiger partial charge in [-0.15, -0.1) is 0 Å². The molecule has 2 heterocycles. The van der Waals surface area contributed by atoms with Gasteiger partial charge in [0.25, 0.3) is 0 Å². The van der Waals surface area contributed by atoms with Crippen molar-refractivity contribution in [3.63, 3.8) is 0 Å². The zero-order chi connectivity index (χ0) is 17.5. The van der Waals surface area contributed by atoms with E-state index < -0.39 is 11.6 Å². The molecule has 128 valence electrons. The van der Waals surface area contributed by atoms with Gasteiger partial charge in [-0.2, -0.15) is 5.10 Å². The minimum absolute atomic E-state index is 0.0147. The molecule has 1 saturated heterocycles. The summed E-state index contributed by atoms with van der Waals surface area (Å²) < 4.78 is 12.0. The van der Waals surface area contributed by atoms with E-state index in [4.69, 9.17) is 9.47 Å². The lowest BCUT2D eigenvalue weighted by Crippen LogP contribution is -2.52. The fourth-order valence-corrected chi connectivity index (χ4v) is 2.70. The third-order valence-corrected chi connectivity index (χ3v) is 3.85. The molecule has 1 fully saturated rings. The molecule has 1 aliphatic rings. The summed E-state index contributed by atoms with van der Waals surface area (Å²) in [6.45, 7) is 6.52. The molecule has 1 aromatic heterocycles. The Bertz CT molecular complexity index is 785. The quantitative estimate of drug-likeness (QED) is 0.791. The van der Waals surface area contributed by atoms with E-state index in [0.29, 0.717) is 18.8 Å². The summed E-state index contributed by atoms with van der Waals surface area (Å²) in [7, 11) is 1.34. The number of hydrogen-bond acceptors (Lipinski definition) is 5. The lowest BCUT2D eigenvalue weighted by Gasteiger charge is -2.39. The average Bonchev–Trinajstić information content (AvgIpc) is 2.83. The average molecular weight is 331 g/mol. The van der Waals surface area contributed by atoms with Gasteiger partial charge in [-0.05, 0) is 26.8 Å². The molecule has 7 nitrogen and oxygen atoms in total. The van der Waals surface area contributed by atoms with Gasteiger partial charge in [0, 0.05) is 18.5 Å². The summed E-state index contributed by atoms with van der Waals surface area (Å²) in [6.07, 6.45) is -0.330. The zero-order valence-corrected chi connectivity index (χ0v) is 14.3. The number of amides is 1. The van der Waals surface area contributed by atoms with Crippen molar-refractivity contribution in [2.24, 2.45) is 0 Å². The highest BCUT2D eigenvalue weighted by Gasteiger charge is 2.36. The van der Waals surface area contributed by atoms with Gasteiger partial charge in [0.2, 0.25) is 0 Å². The number of esters is 1. The van der Waals surface area contributed by atoms with Crippen LogP contribution in [0.5, 0.6) is 0 Å². The van der Waals surface area contributed by atoms with Crippen molar-refractivity contribution in [2.75, 3.05) is 20.2 Å². The zero-order valence-electron chi connectivity index (χ0n) is 14.3. The molecule has 24 heavy (non-hydrogen) atoms. The van der Waals surface area contributed by atoms with Crippen LogP contribution >= 0.6 is 0 Å². The highest BCUT2D eigenvalue weighted by molar-refractivity contribution is 6.02. The molecule has 0 unspecified atom stereocenters. The first-order valence-electron chi connectivity index (χ1n) is 7.83. The van der Waals surface area contributed by atoms with E-state index in [1.165, 1.54) is 7.11 Å². The Hall–Kier alpha value is -2.57. The SMILES string of the molecule is COC(=O)c1nn(C2CN(C(=O)OC(C)(C)C)C2)c2ccccc12. The van der Waals surface area contributed by atoms with Gasteiger partial charge >= 0.3 is 12.1 Å². The highest BCUT2D eigenvalue weighted by atomic mass is 16.6. The number of methoxy groups -OCH3 is 1. The number of benzene rings is 1. The third kappa shape index (κ3) is 2.93. The van der Waals surface area contributed by atoms with Crippen LogP contribution in [0.1, 0.15) is 37.3 Å². The van der Waals surface area contributed by atoms with Crippen LogP contribution in [-0.4, -0.2) is 52.5 Å². The molecule has 0 N–H and O–H groups in total. The number of hydrogen-bond donors (Lipinski definition) is 0. The lowest BCUT2D eigenvalue weighted by molar-refractivity contribution is 0.00000830. The van der Waals surface area contributed by atoms with Crippen LogP contribution in [0.25, 0.3) is 10.9 Å². The number of para-hydroxylation sites is 1. The van der Waals surface area contributed by atoms with Gasteiger partial charge in [0.05, 0.1) is 18.7 Å². The predicted octanol–water partition coefficient (Wildman–Crippen LogP) is 2.61. The number of carbonyl (C=O) groups excluding carboxylic acids is 2. The van der Waals surface area contributed by atoms with Crippen molar-refractivity contribution < 1.29 is 19.1 Å². The Morgan fingerprint density at radius 1 is 1.21 bits per heavy atom. The normalized spacial score (nSPS) is 15.2. The number of aromatic nitrogens is 2. The van der Waals surface area contributed by atoms with E-state index in [9.17, 15) is 9.59 Å². The van der Waals surface area contributed by atoms with Crippen LogP contribution in [0.4, 0.5) is 4.79 Å². The smallest absolute Gasteiger partial charge is 0.410 e. The summed E-state index contributed by atoms with van der Waals surface area (Å²) in [5.41, 5.74) is 0.633. The molecule has 0 spiro atoms. The van der Waals surface area contributed by atoms with Crippen molar-refractivity contribution in [3.8, 4) is 0 Å². The van der Waals surface area contributed by atoms with Crippen molar-refractivity contribution in [2.45, 2.75) is 32.4 Å². The molecule has 7 heteroatoms. The molecular weight excluding hydrogens is 310 g/mol. The molecule has 1 amide bonds. The first-order chi connectivity index (χ1) is 11.3. The van der Waals surface area contributed by atoms with E-state index in [2.05, 4.69) is 5.10 Å². The molecule has 1 aliphatic heterocycles. The van der Waals surface area contributed by atoms with Gasteiger partial charge < -0.3 is 14.4 Å². The second-order valence-corrected chi connectivity index (χ2v) is 6.84. The van der Waals surface area contributed by atoms with Gasteiger partial charge in [-0.3, -0.25) is 4.68 Å². The second-order valence-electron chi connectivity index (χ2n) is 6.84. The summed E-state index contributed by atoms with van der Waals surface area (Å²) in [4.78, 5) is 25.6. The Labute approximate surface area is 140 Å². The summed E-state index contributed by atoms with van der Waals surface area (Å²) in [5, 5.41) is 5.16. The van der Waals surface area contributed by atoms with Crippen LogP contribution in [-0.2, 0) is 9.47 Å². The van der Waals surface area contributed by atoms with Crippen molar-refractivity contribution in [3.05, 3.63) is 30.0 Å². The van der Waals surface area contributed by atoms with Crippen LogP contribution in [0.15, 0.2) is 24.3 Å². The predicted molar refractivity (Wildman–Crippen MR) is 87.9 cm³/mol. The Balaban J connectivity index is 1.80. The largest absolute Gasteiger partial charge is 0.464 e. The molecule has 0 radical (unpaired) electrons. The van der Waals surface area contributed by atoms with Crippen LogP contribution < -0.4 is 0 Å².